The lowest BCUT2D eigenvalue weighted by atomic mass is 10.1. The average Bonchev–Trinajstić information content (AvgIpc) is 1.97. The van der Waals surface area contributed by atoms with Crippen molar-refractivity contribution < 1.29 is 4.39 Å². The van der Waals surface area contributed by atoms with Gasteiger partial charge < -0.3 is 5.32 Å². The van der Waals surface area contributed by atoms with Crippen LogP contribution in [0.5, 0.6) is 0 Å². The lowest BCUT2D eigenvalue weighted by molar-refractivity contribution is 0.305. The molecule has 1 nitrogen and oxygen atoms in total. The van der Waals surface area contributed by atoms with Gasteiger partial charge in [-0.3, -0.25) is 0 Å². The quantitative estimate of drug-likeness (QED) is 0.525. The van der Waals surface area contributed by atoms with Crippen molar-refractivity contribution >= 4 is 0 Å². The maximum atomic E-state index is 12.6. The third kappa shape index (κ3) is 2.31. The normalized spacial score (nSPS) is 38.0. The molecule has 1 aliphatic heterocycles. The van der Waals surface area contributed by atoms with Gasteiger partial charge in [-0.1, -0.05) is 0 Å². The van der Waals surface area contributed by atoms with E-state index in [1.54, 1.807) is 0 Å². The van der Waals surface area contributed by atoms with Crippen LogP contribution in [-0.4, -0.2) is 18.8 Å². The first-order chi connectivity index (χ1) is 4.29. The molecule has 1 saturated heterocycles. The summed E-state index contributed by atoms with van der Waals surface area (Å²) in [6.07, 6.45) is 1.88. The molecule has 0 unspecified atom stereocenters. The Morgan fingerprint density at radius 3 is 2.89 bits per heavy atom. The molecule has 0 spiro atoms. The monoisotopic (exact) mass is 131 g/mol. The van der Waals surface area contributed by atoms with Crippen molar-refractivity contribution in [2.24, 2.45) is 0 Å². The van der Waals surface area contributed by atoms with Gasteiger partial charge in [0.1, 0.15) is 6.17 Å². The van der Waals surface area contributed by atoms with Crippen LogP contribution in [-0.2, 0) is 0 Å². The molecule has 0 aromatic carbocycles. The van der Waals surface area contributed by atoms with E-state index in [9.17, 15) is 4.39 Å². The minimum Gasteiger partial charge on any atom is -0.314 e. The van der Waals surface area contributed by atoms with Crippen LogP contribution < -0.4 is 5.32 Å². The van der Waals surface area contributed by atoms with Gasteiger partial charge in [-0.05, 0) is 32.7 Å². The first-order valence-corrected chi connectivity index (χ1v) is 3.66. The van der Waals surface area contributed by atoms with Crippen molar-refractivity contribution in [3.05, 3.63) is 0 Å². The maximum Gasteiger partial charge on any atom is 0.101 e. The van der Waals surface area contributed by atoms with E-state index < -0.39 is 6.17 Å². The molecule has 2 heteroatoms. The molecule has 1 heterocycles. The summed E-state index contributed by atoms with van der Waals surface area (Å²) in [7, 11) is 0. The van der Waals surface area contributed by atoms with Gasteiger partial charge in [-0.25, -0.2) is 4.39 Å². The van der Waals surface area contributed by atoms with E-state index in [1.165, 1.54) is 0 Å². The number of rotatable bonds is 0. The van der Waals surface area contributed by atoms with E-state index >= 15 is 0 Å². The molecule has 0 saturated carbocycles. The Hall–Kier alpha value is -0.110. The predicted octanol–water partition coefficient (Wildman–Crippen LogP) is 1.49. The molecule has 0 aromatic heterocycles. The Morgan fingerprint density at radius 2 is 2.11 bits per heavy atom. The molecular formula is C7H14FN. The van der Waals surface area contributed by atoms with Crippen LogP contribution in [0.3, 0.4) is 0 Å². The molecule has 0 bridgehead atoms. The molecule has 54 valence electrons. The highest BCUT2D eigenvalue weighted by Crippen LogP contribution is 2.11. The zero-order valence-corrected chi connectivity index (χ0v) is 5.86. The fourth-order valence-corrected chi connectivity index (χ4v) is 1.16. The molecule has 0 aliphatic carbocycles. The lowest BCUT2D eigenvalue weighted by Gasteiger charge is -2.06. The number of alkyl halides is 1. The van der Waals surface area contributed by atoms with Gasteiger partial charge in [-0.2, -0.15) is 0 Å². The van der Waals surface area contributed by atoms with E-state index in [0.29, 0.717) is 12.5 Å². The van der Waals surface area contributed by atoms with Crippen LogP contribution in [0.15, 0.2) is 0 Å². The van der Waals surface area contributed by atoms with Crippen molar-refractivity contribution in [2.45, 2.75) is 38.4 Å². The smallest absolute Gasteiger partial charge is 0.101 e. The molecular weight excluding hydrogens is 117 g/mol. The second kappa shape index (κ2) is 3.16. The van der Waals surface area contributed by atoms with Gasteiger partial charge in [0, 0.05) is 6.04 Å². The zero-order valence-electron chi connectivity index (χ0n) is 5.86. The Bertz CT molecular complexity index is 75.0. The molecule has 1 aliphatic rings. The van der Waals surface area contributed by atoms with Crippen LogP contribution in [0.1, 0.15) is 26.2 Å². The van der Waals surface area contributed by atoms with Crippen molar-refractivity contribution in [1.82, 2.24) is 5.32 Å². The Balaban J connectivity index is 2.25. The predicted molar refractivity (Wildman–Crippen MR) is 36.2 cm³/mol. The van der Waals surface area contributed by atoms with Crippen LogP contribution in [0.25, 0.3) is 0 Å². The Labute approximate surface area is 55.6 Å². The van der Waals surface area contributed by atoms with Crippen LogP contribution in [0, 0.1) is 0 Å². The Kier molecular flexibility index (Phi) is 2.46. The van der Waals surface area contributed by atoms with Crippen molar-refractivity contribution in [3.63, 3.8) is 0 Å². The second-order valence-corrected chi connectivity index (χ2v) is 2.82. The van der Waals surface area contributed by atoms with Gasteiger partial charge in [-0.15, -0.1) is 0 Å². The number of halogens is 1. The van der Waals surface area contributed by atoms with Gasteiger partial charge in [0.15, 0.2) is 0 Å². The number of hydrogen-bond donors (Lipinski definition) is 1. The number of nitrogens with one attached hydrogen (secondary N) is 1. The topological polar surface area (TPSA) is 12.0 Å². The summed E-state index contributed by atoms with van der Waals surface area (Å²) in [5.41, 5.74) is 0. The SMILES string of the molecule is C[C@H]1CC[C@@H](F)CCN1. The van der Waals surface area contributed by atoms with Crippen LogP contribution >= 0.6 is 0 Å². The summed E-state index contributed by atoms with van der Waals surface area (Å²) in [5.74, 6) is 0. The van der Waals surface area contributed by atoms with Crippen molar-refractivity contribution in [3.8, 4) is 0 Å². The fraction of sp³-hybridized carbons (Fsp3) is 1.00. The van der Waals surface area contributed by atoms with E-state index in [1.807, 2.05) is 0 Å². The highest BCUT2D eigenvalue weighted by Gasteiger charge is 2.13. The highest BCUT2D eigenvalue weighted by molar-refractivity contribution is 4.70. The second-order valence-electron chi connectivity index (χ2n) is 2.82. The minimum absolute atomic E-state index is 0.519. The molecule has 2 atom stereocenters. The first-order valence-electron chi connectivity index (χ1n) is 3.66. The molecule has 9 heavy (non-hydrogen) atoms. The maximum absolute atomic E-state index is 12.6. The lowest BCUT2D eigenvalue weighted by Crippen LogP contribution is -2.24. The van der Waals surface area contributed by atoms with Crippen LogP contribution in [0.4, 0.5) is 4.39 Å². The van der Waals surface area contributed by atoms with E-state index in [2.05, 4.69) is 12.2 Å². The van der Waals surface area contributed by atoms with Crippen molar-refractivity contribution in [2.75, 3.05) is 6.54 Å². The molecule has 0 aromatic rings. The molecule has 0 radical (unpaired) electrons. The summed E-state index contributed by atoms with van der Waals surface area (Å²) in [4.78, 5) is 0. The molecule has 0 amide bonds. The van der Waals surface area contributed by atoms with Gasteiger partial charge in [0.2, 0.25) is 0 Å². The standard InChI is InChI=1S/C7H14FN/c1-6-2-3-7(8)4-5-9-6/h6-7,9H,2-5H2,1H3/t6-,7+/m0/s1. The van der Waals surface area contributed by atoms with Gasteiger partial charge in [0.05, 0.1) is 0 Å². The summed E-state index contributed by atoms with van der Waals surface area (Å²) >= 11 is 0. The van der Waals surface area contributed by atoms with Crippen LogP contribution in [0.2, 0.25) is 0 Å². The highest BCUT2D eigenvalue weighted by atomic mass is 19.1. The first kappa shape index (κ1) is 7.00. The molecule has 1 rings (SSSR count). The molecule has 1 fully saturated rings. The third-order valence-electron chi connectivity index (χ3n) is 1.86. The van der Waals surface area contributed by atoms with E-state index in [0.717, 1.165) is 19.4 Å². The van der Waals surface area contributed by atoms with Crippen molar-refractivity contribution in [1.29, 1.82) is 0 Å². The van der Waals surface area contributed by atoms with Gasteiger partial charge >= 0.3 is 0 Å². The summed E-state index contributed by atoms with van der Waals surface area (Å²) in [5, 5.41) is 3.23. The average molecular weight is 131 g/mol. The fourth-order valence-electron chi connectivity index (χ4n) is 1.16. The number of hydrogen-bond acceptors (Lipinski definition) is 1. The molecule has 1 N–H and O–H groups in total. The Morgan fingerprint density at radius 1 is 1.33 bits per heavy atom. The summed E-state index contributed by atoms with van der Waals surface area (Å²) in [6.45, 7) is 2.96. The largest absolute Gasteiger partial charge is 0.314 e. The van der Waals surface area contributed by atoms with E-state index in [-0.39, 0.29) is 0 Å². The van der Waals surface area contributed by atoms with E-state index in [4.69, 9.17) is 0 Å². The summed E-state index contributed by atoms with van der Waals surface area (Å²) in [6, 6.07) is 0.519. The minimum atomic E-state index is -0.553. The van der Waals surface area contributed by atoms with Gasteiger partial charge in [0.25, 0.3) is 0 Å². The zero-order chi connectivity index (χ0) is 6.69. The third-order valence-corrected chi connectivity index (χ3v) is 1.86. The summed E-state index contributed by atoms with van der Waals surface area (Å²) < 4.78 is 12.6.